The van der Waals surface area contributed by atoms with Crippen LogP contribution in [0.15, 0.2) is 48.5 Å². The average molecular weight is 520 g/mol. The van der Waals surface area contributed by atoms with E-state index in [1.54, 1.807) is 20.1 Å². The number of aromatic nitrogens is 1. The van der Waals surface area contributed by atoms with Crippen LogP contribution in [0.2, 0.25) is 0 Å². The molecule has 0 radical (unpaired) electrons. The number of hydrogen-bond acceptors (Lipinski definition) is 5. The van der Waals surface area contributed by atoms with Gasteiger partial charge in [0, 0.05) is 24.7 Å². The molecule has 9 heteroatoms. The number of halogens is 4. The molecule has 0 bridgehead atoms. The molecule has 4 rings (SSSR count). The molecule has 0 fully saturated rings. The monoisotopic (exact) mass is 519 g/mol. The number of rotatable bonds is 9. The third-order valence-corrected chi connectivity index (χ3v) is 6.51. The van der Waals surface area contributed by atoms with Gasteiger partial charge in [-0.15, -0.1) is 0 Å². The van der Waals surface area contributed by atoms with Gasteiger partial charge in [0.05, 0.1) is 19.4 Å². The number of benzene rings is 2. The first-order valence-corrected chi connectivity index (χ1v) is 12.0. The summed E-state index contributed by atoms with van der Waals surface area (Å²) in [6.45, 7) is 3.77. The highest BCUT2D eigenvalue weighted by atomic mass is 19.4. The predicted molar refractivity (Wildman–Crippen MR) is 131 cm³/mol. The summed E-state index contributed by atoms with van der Waals surface area (Å²) >= 11 is 0. The molecule has 2 aromatic carbocycles. The molecule has 0 amide bonds. The summed E-state index contributed by atoms with van der Waals surface area (Å²) in [7, 11) is 3.03. The van der Waals surface area contributed by atoms with Gasteiger partial charge in [-0.25, -0.2) is 9.37 Å². The van der Waals surface area contributed by atoms with Crippen molar-refractivity contribution in [1.29, 1.82) is 0 Å². The highest BCUT2D eigenvalue weighted by molar-refractivity contribution is 5.70. The average Bonchev–Trinajstić information content (AvgIpc) is 3.32. The quantitative estimate of drug-likeness (QED) is 0.290. The van der Waals surface area contributed by atoms with Gasteiger partial charge < -0.3 is 18.9 Å². The fraction of sp³-hybridized carbons (Fsp3) is 0.393. The molecule has 1 aliphatic rings. The Hall–Kier alpha value is -3.33. The fourth-order valence-electron chi connectivity index (χ4n) is 4.38. The Kier molecular flexibility index (Phi) is 7.64. The Morgan fingerprint density at radius 3 is 2.38 bits per heavy atom. The Morgan fingerprint density at radius 2 is 1.76 bits per heavy atom. The molecule has 37 heavy (non-hydrogen) atoms. The van der Waals surface area contributed by atoms with Crippen LogP contribution < -0.4 is 14.2 Å². The van der Waals surface area contributed by atoms with Gasteiger partial charge in [0.25, 0.3) is 0 Å². The second-order valence-corrected chi connectivity index (χ2v) is 9.13. The number of fused-ring (bicyclic) bond motifs is 1. The second-order valence-electron chi connectivity index (χ2n) is 9.13. The largest absolute Gasteiger partial charge is 0.493 e. The molecular weight excluding hydrogens is 490 g/mol. The number of pyridine rings is 1. The number of alkyl halides is 3. The van der Waals surface area contributed by atoms with Crippen molar-refractivity contribution in [3.05, 3.63) is 71.2 Å². The lowest BCUT2D eigenvalue weighted by Crippen LogP contribution is -2.29. The third kappa shape index (κ3) is 5.51. The van der Waals surface area contributed by atoms with Crippen LogP contribution in [0.4, 0.5) is 17.6 Å². The first kappa shape index (κ1) is 26.7. The van der Waals surface area contributed by atoms with E-state index in [9.17, 15) is 17.6 Å². The topological polar surface area (TPSA) is 49.8 Å². The molecule has 5 nitrogen and oxygen atoms in total. The smallest absolute Gasteiger partial charge is 0.399 e. The van der Waals surface area contributed by atoms with Gasteiger partial charge in [-0.2, -0.15) is 13.2 Å². The molecule has 2 unspecified atom stereocenters. The molecule has 1 aromatic heterocycles. The zero-order chi connectivity index (χ0) is 26.8. The van der Waals surface area contributed by atoms with Gasteiger partial charge in [-0.3, -0.25) is 0 Å². The fourth-order valence-corrected chi connectivity index (χ4v) is 4.38. The maximum absolute atomic E-state index is 13.9. The van der Waals surface area contributed by atoms with Crippen molar-refractivity contribution < 1.29 is 36.5 Å². The van der Waals surface area contributed by atoms with E-state index in [0.29, 0.717) is 35.8 Å². The van der Waals surface area contributed by atoms with E-state index < -0.39 is 30.1 Å². The predicted octanol–water partition coefficient (Wildman–Crippen LogP) is 6.83. The maximum Gasteiger partial charge on any atom is 0.399 e. The molecule has 0 N–H and O–H groups in total. The number of methoxy groups -OCH3 is 2. The lowest BCUT2D eigenvalue weighted by Gasteiger charge is -2.29. The molecule has 2 heterocycles. The van der Waals surface area contributed by atoms with Crippen LogP contribution in [0.3, 0.4) is 0 Å². The number of nitrogens with zero attached hydrogens (tertiary/aromatic N) is 1. The summed E-state index contributed by atoms with van der Waals surface area (Å²) < 4.78 is 77.8. The van der Waals surface area contributed by atoms with E-state index in [1.165, 1.54) is 37.4 Å². The summed E-state index contributed by atoms with van der Waals surface area (Å²) in [6, 6.07) is 12.3. The number of ether oxygens (including phenoxy) is 4. The van der Waals surface area contributed by atoms with Crippen LogP contribution in [0.25, 0.3) is 11.3 Å². The van der Waals surface area contributed by atoms with Gasteiger partial charge in [0.15, 0.2) is 11.5 Å². The second kappa shape index (κ2) is 10.6. The summed E-state index contributed by atoms with van der Waals surface area (Å²) in [5.74, 6) is -1.07. The van der Waals surface area contributed by atoms with Crippen molar-refractivity contribution in [2.75, 3.05) is 27.4 Å². The van der Waals surface area contributed by atoms with Gasteiger partial charge >= 0.3 is 6.18 Å². The van der Waals surface area contributed by atoms with Crippen molar-refractivity contribution in [2.24, 2.45) is 0 Å². The molecular formula is C28H29F4NO4. The van der Waals surface area contributed by atoms with Crippen molar-refractivity contribution in [2.45, 2.75) is 44.4 Å². The molecule has 198 valence electrons. The Bertz CT molecular complexity index is 1250. The molecule has 1 aliphatic heterocycles. The highest BCUT2D eigenvalue weighted by Gasteiger charge is 2.48. The van der Waals surface area contributed by atoms with E-state index in [2.05, 4.69) is 0 Å². The lowest BCUT2D eigenvalue weighted by molar-refractivity contribution is -0.151. The SMILES string of the molecule is CCCOc1ccc(CC(C)(OC)c2cc3c(c(-c4ccc(F)cc4)n2)OCC3C(F)(F)F)cc1OC. The highest BCUT2D eigenvalue weighted by Crippen LogP contribution is 2.49. The molecule has 2 atom stereocenters. The summed E-state index contributed by atoms with van der Waals surface area (Å²) in [5, 5.41) is 0. The van der Waals surface area contributed by atoms with Crippen LogP contribution in [0, 0.1) is 5.82 Å². The normalized spacial score (nSPS) is 16.6. The lowest BCUT2D eigenvalue weighted by atomic mass is 9.88. The Labute approximate surface area is 213 Å². The molecule has 0 aliphatic carbocycles. The van der Waals surface area contributed by atoms with E-state index in [1.807, 2.05) is 19.1 Å². The standard InChI is InChI=1S/C28H29F4NO4/c1-5-12-36-22-11-6-17(13-23(22)34-3)15-27(2,35-4)24-14-20-21(28(30,31)32)16-37-26(20)25(33-24)18-7-9-19(29)10-8-18/h6-11,13-14,21H,5,12,15-16H2,1-4H3. The van der Waals surface area contributed by atoms with Crippen molar-refractivity contribution in [3.8, 4) is 28.5 Å². The molecule has 0 spiro atoms. The minimum Gasteiger partial charge on any atom is -0.493 e. The van der Waals surface area contributed by atoms with E-state index in [-0.39, 0.29) is 17.0 Å². The zero-order valence-corrected chi connectivity index (χ0v) is 21.1. The minimum absolute atomic E-state index is 0.0130. The number of hydrogen-bond donors (Lipinski definition) is 0. The van der Waals surface area contributed by atoms with Crippen LogP contribution in [-0.2, 0) is 16.8 Å². The van der Waals surface area contributed by atoms with Crippen LogP contribution in [-0.4, -0.2) is 38.6 Å². The first-order chi connectivity index (χ1) is 17.6. The Balaban J connectivity index is 1.79. The molecule has 0 saturated heterocycles. The minimum atomic E-state index is -4.50. The summed E-state index contributed by atoms with van der Waals surface area (Å²) in [4.78, 5) is 4.70. The summed E-state index contributed by atoms with van der Waals surface area (Å²) in [5.41, 5.74) is 0.668. The van der Waals surface area contributed by atoms with E-state index in [0.717, 1.165) is 12.0 Å². The van der Waals surface area contributed by atoms with Gasteiger partial charge in [-0.05, 0) is 61.4 Å². The maximum atomic E-state index is 13.9. The third-order valence-electron chi connectivity index (χ3n) is 6.51. The van der Waals surface area contributed by atoms with E-state index >= 15 is 0 Å². The van der Waals surface area contributed by atoms with Gasteiger partial charge in [-0.1, -0.05) is 13.0 Å². The first-order valence-electron chi connectivity index (χ1n) is 12.0. The van der Waals surface area contributed by atoms with Crippen molar-refractivity contribution in [3.63, 3.8) is 0 Å². The van der Waals surface area contributed by atoms with Crippen molar-refractivity contribution >= 4 is 0 Å². The summed E-state index contributed by atoms with van der Waals surface area (Å²) in [6.07, 6.45) is -3.37. The van der Waals surface area contributed by atoms with Crippen LogP contribution in [0.5, 0.6) is 17.2 Å². The van der Waals surface area contributed by atoms with Crippen molar-refractivity contribution in [1.82, 2.24) is 4.98 Å². The molecule has 3 aromatic rings. The zero-order valence-electron chi connectivity index (χ0n) is 21.1. The Morgan fingerprint density at radius 1 is 1.03 bits per heavy atom. The van der Waals surface area contributed by atoms with E-state index in [4.69, 9.17) is 23.9 Å². The van der Waals surface area contributed by atoms with Crippen LogP contribution in [0.1, 0.15) is 43.0 Å². The van der Waals surface area contributed by atoms with Gasteiger partial charge in [0.1, 0.15) is 35.4 Å². The van der Waals surface area contributed by atoms with Gasteiger partial charge in [0.2, 0.25) is 0 Å². The van der Waals surface area contributed by atoms with Crippen LogP contribution >= 0.6 is 0 Å². The molecule has 0 saturated carbocycles.